The Bertz CT molecular complexity index is 468. The SMILES string of the molecule is N[C@@H](CCC(=O)O)C(=O)N1C[C@H](O)C[C@H]1C(=O)NCC(=O)O. The monoisotopic (exact) mass is 317 g/mol. The molecule has 1 saturated heterocycles. The van der Waals surface area contributed by atoms with Gasteiger partial charge in [-0.15, -0.1) is 0 Å². The van der Waals surface area contributed by atoms with Crippen LogP contribution in [0, 0.1) is 0 Å². The molecule has 1 rings (SSSR count). The summed E-state index contributed by atoms with van der Waals surface area (Å²) in [7, 11) is 0. The zero-order valence-corrected chi connectivity index (χ0v) is 11.8. The Morgan fingerprint density at radius 3 is 2.41 bits per heavy atom. The van der Waals surface area contributed by atoms with E-state index in [1.807, 2.05) is 0 Å². The van der Waals surface area contributed by atoms with E-state index in [2.05, 4.69) is 5.32 Å². The number of likely N-dealkylation sites (tertiary alicyclic amines) is 1. The van der Waals surface area contributed by atoms with Gasteiger partial charge in [-0.1, -0.05) is 0 Å². The van der Waals surface area contributed by atoms with Gasteiger partial charge in [0, 0.05) is 19.4 Å². The van der Waals surface area contributed by atoms with Gasteiger partial charge in [0.1, 0.15) is 12.6 Å². The van der Waals surface area contributed by atoms with Crippen LogP contribution in [0.2, 0.25) is 0 Å². The molecule has 0 radical (unpaired) electrons. The summed E-state index contributed by atoms with van der Waals surface area (Å²) >= 11 is 0. The average molecular weight is 317 g/mol. The van der Waals surface area contributed by atoms with Crippen LogP contribution < -0.4 is 11.1 Å². The fraction of sp³-hybridized carbons (Fsp3) is 0.667. The van der Waals surface area contributed by atoms with Crippen LogP contribution in [-0.4, -0.2) is 75.2 Å². The first-order valence-electron chi connectivity index (χ1n) is 6.67. The molecular formula is C12H19N3O7. The summed E-state index contributed by atoms with van der Waals surface area (Å²) in [6, 6.07) is -2.12. The molecule has 0 aromatic carbocycles. The number of nitrogens with two attached hydrogens (primary N) is 1. The molecule has 1 aliphatic rings. The molecule has 2 amide bonds. The summed E-state index contributed by atoms with van der Waals surface area (Å²) in [6.45, 7) is -0.705. The maximum atomic E-state index is 12.2. The van der Waals surface area contributed by atoms with Crippen LogP contribution >= 0.6 is 0 Å². The average Bonchev–Trinajstić information content (AvgIpc) is 2.83. The second-order valence-corrected chi connectivity index (χ2v) is 5.05. The van der Waals surface area contributed by atoms with Crippen molar-refractivity contribution in [3.8, 4) is 0 Å². The molecule has 1 fully saturated rings. The van der Waals surface area contributed by atoms with Crippen molar-refractivity contribution in [3.05, 3.63) is 0 Å². The number of hydrogen-bond acceptors (Lipinski definition) is 6. The molecule has 0 bridgehead atoms. The summed E-state index contributed by atoms with van der Waals surface area (Å²) < 4.78 is 0. The molecule has 22 heavy (non-hydrogen) atoms. The highest BCUT2D eigenvalue weighted by Gasteiger charge is 2.40. The predicted molar refractivity (Wildman–Crippen MR) is 71.6 cm³/mol. The number of carboxylic acid groups (broad SMARTS) is 2. The van der Waals surface area contributed by atoms with E-state index in [0.29, 0.717) is 0 Å². The van der Waals surface area contributed by atoms with E-state index >= 15 is 0 Å². The van der Waals surface area contributed by atoms with E-state index in [4.69, 9.17) is 15.9 Å². The molecule has 10 nitrogen and oxygen atoms in total. The normalized spacial score (nSPS) is 22.2. The summed E-state index contributed by atoms with van der Waals surface area (Å²) in [4.78, 5) is 46.0. The minimum absolute atomic E-state index is 0.0250. The first-order chi connectivity index (χ1) is 10.2. The summed E-state index contributed by atoms with van der Waals surface area (Å²) in [6.07, 6.45) is -1.33. The van der Waals surface area contributed by atoms with Crippen LogP contribution in [0.4, 0.5) is 0 Å². The van der Waals surface area contributed by atoms with Gasteiger partial charge in [0.05, 0.1) is 12.1 Å². The molecule has 0 spiro atoms. The van der Waals surface area contributed by atoms with Crippen molar-refractivity contribution in [2.45, 2.75) is 37.5 Å². The number of amides is 2. The zero-order chi connectivity index (χ0) is 16.9. The molecule has 3 atom stereocenters. The van der Waals surface area contributed by atoms with E-state index < -0.39 is 48.5 Å². The van der Waals surface area contributed by atoms with E-state index in [-0.39, 0.29) is 25.8 Å². The minimum Gasteiger partial charge on any atom is -0.481 e. The fourth-order valence-electron chi connectivity index (χ4n) is 2.20. The number of carbonyl (C=O) groups excluding carboxylic acids is 2. The van der Waals surface area contributed by atoms with Crippen LogP contribution in [0.5, 0.6) is 0 Å². The second-order valence-electron chi connectivity index (χ2n) is 5.05. The smallest absolute Gasteiger partial charge is 0.322 e. The Hall–Kier alpha value is -2.20. The van der Waals surface area contributed by atoms with Crippen LogP contribution in [0.3, 0.4) is 0 Å². The molecule has 1 heterocycles. The van der Waals surface area contributed by atoms with Gasteiger partial charge < -0.3 is 31.3 Å². The van der Waals surface area contributed by atoms with Gasteiger partial charge in [-0.3, -0.25) is 19.2 Å². The Morgan fingerprint density at radius 1 is 1.23 bits per heavy atom. The van der Waals surface area contributed by atoms with E-state index in [1.165, 1.54) is 0 Å². The summed E-state index contributed by atoms with van der Waals surface area (Å²) in [5.41, 5.74) is 5.61. The number of rotatable bonds is 7. The second kappa shape index (κ2) is 7.71. The highest BCUT2D eigenvalue weighted by Crippen LogP contribution is 2.19. The number of hydrogen-bond donors (Lipinski definition) is 5. The van der Waals surface area contributed by atoms with Gasteiger partial charge in [0.15, 0.2) is 0 Å². The van der Waals surface area contributed by atoms with Gasteiger partial charge in [0.25, 0.3) is 0 Å². The Balaban J connectivity index is 2.68. The van der Waals surface area contributed by atoms with Gasteiger partial charge in [-0.05, 0) is 6.42 Å². The third-order valence-electron chi connectivity index (χ3n) is 3.26. The molecule has 10 heteroatoms. The molecule has 0 aliphatic carbocycles. The number of nitrogens with one attached hydrogen (secondary N) is 1. The number of nitrogens with zero attached hydrogens (tertiary/aromatic N) is 1. The molecular weight excluding hydrogens is 298 g/mol. The van der Waals surface area contributed by atoms with Crippen molar-refractivity contribution in [2.24, 2.45) is 5.73 Å². The predicted octanol–water partition coefficient (Wildman–Crippen LogP) is -2.66. The van der Waals surface area contributed by atoms with Gasteiger partial charge in [0.2, 0.25) is 11.8 Å². The third kappa shape index (κ3) is 4.97. The minimum atomic E-state index is -1.23. The van der Waals surface area contributed by atoms with Crippen LogP contribution in [0.15, 0.2) is 0 Å². The number of aliphatic carboxylic acids is 2. The number of carbonyl (C=O) groups is 4. The van der Waals surface area contributed by atoms with E-state index in [1.54, 1.807) is 0 Å². The number of aliphatic hydroxyl groups excluding tert-OH is 1. The lowest BCUT2D eigenvalue weighted by Crippen LogP contribution is -2.51. The highest BCUT2D eigenvalue weighted by atomic mass is 16.4. The molecule has 0 aromatic heterocycles. The molecule has 0 saturated carbocycles. The van der Waals surface area contributed by atoms with Crippen LogP contribution in [0.25, 0.3) is 0 Å². The largest absolute Gasteiger partial charge is 0.481 e. The van der Waals surface area contributed by atoms with E-state index in [0.717, 1.165) is 4.90 Å². The quantitative estimate of drug-likeness (QED) is 0.338. The van der Waals surface area contributed by atoms with E-state index in [9.17, 15) is 24.3 Å². The summed E-state index contributed by atoms with van der Waals surface area (Å²) in [5.74, 6) is -3.67. The van der Waals surface area contributed by atoms with Gasteiger partial charge in [-0.25, -0.2) is 0 Å². The molecule has 0 aromatic rings. The summed E-state index contributed by atoms with van der Waals surface area (Å²) in [5, 5.41) is 28.9. The number of aliphatic hydroxyl groups is 1. The molecule has 6 N–H and O–H groups in total. The first-order valence-corrected chi connectivity index (χ1v) is 6.67. The lowest BCUT2D eigenvalue weighted by Gasteiger charge is -2.26. The maximum absolute atomic E-state index is 12.2. The Kier molecular flexibility index (Phi) is 6.25. The topological polar surface area (TPSA) is 170 Å². The van der Waals surface area contributed by atoms with Gasteiger partial charge in [-0.2, -0.15) is 0 Å². The Morgan fingerprint density at radius 2 is 1.86 bits per heavy atom. The fourth-order valence-corrected chi connectivity index (χ4v) is 2.20. The van der Waals surface area contributed by atoms with Crippen molar-refractivity contribution in [2.75, 3.05) is 13.1 Å². The Labute approximate surface area is 125 Å². The maximum Gasteiger partial charge on any atom is 0.322 e. The van der Waals surface area contributed by atoms with Gasteiger partial charge >= 0.3 is 11.9 Å². The standard InChI is InChI=1S/C12H19N3O7/c13-7(1-2-9(17)18)12(22)15-5-6(16)3-8(15)11(21)14-4-10(19)20/h6-8,16H,1-5,13H2,(H,14,21)(H,17,18)(H,19,20)/t6-,7+,8+/m1/s1. The van der Waals surface area contributed by atoms with Crippen molar-refractivity contribution in [3.63, 3.8) is 0 Å². The molecule has 1 aliphatic heterocycles. The van der Waals surface area contributed by atoms with Crippen molar-refractivity contribution in [1.29, 1.82) is 0 Å². The van der Waals surface area contributed by atoms with Crippen molar-refractivity contribution in [1.82, 2.24) is 10.2 Å². The highest BCUT2D eigenvalue weighted by molar-refractivity contribution is 5.91. The third-order valence-corrected chi connectivity index (χ3v) is 3.26. The van der Waals surface area contributed by atoms with Crippen molar-refractivity contribution < 1.29 is 34.5 Å². The molecule has 0 unspecified atom stereocenters. The van der Waals surface area contributed by atoms with Crippen molar-refractivity contribution >= 4 is 23.8 Å². The first kappa shape index (κ1) is 17.9. The number of β-amino-alcohol motifs (C(OH)–C–C–N with tert-alkyl or cyclic N) is 1. The van der Waals surface area contributed by atoms with Crippen LogP contribution in [-0.2, 0) is 19.2 Å². The lowest BCUT2D eigenvalue weighted by atomic mass is 10.1. The number of carboxylic acids is 2. The zero-order valence-electron chi connectivity index (χ0n) is 11.8. The molecule has 124 valence electrons. The lowest BCUT2D eigenvalue weighted by molar-refractivity contribution is -0.141. The van der Waals surface area contributed by atoms with Crippen LogP contribution in [0.1, 0.15) is 19.3 Å².